The van der Waals surface area contributed by atoms with Crippen molar-refractivity contribution < 1.29 is 9.59 Å². The number of carbonyl (C=O) groups excluding carboxylic acids is 2. The minimum absolute atomic E-state index is 0.170. The highest BCUT2D eigenvalue weighted by Gasteiger charge is 2.43. The summed E-state index contributed by atoms with van der Waals surface area (Å²) in [6, 6.07) is 3.35. The van der Waals surface area contributed by atoms with Gasteiger partial charge < -0.3 is 5.32 Å². The van der Waals surface area contributed by atoms with Gasteiger partial charge in [0.1, 0.15) is 10.7 Å². The number of nitrogens with zero attached hydrogens (tertiary/aromatic N) is 2. The van der Waals surface area contributed by atoms with Crippen LogP contribution < -0.4 is 5.32 Å². The van der Waals surface area contributed by atoms with Crippen LogP contribution in [0.15, 0.2) is 18.3 Å². The molecule has 1 aliphatic rings. The van der Waals surface area contributed by atoms with Gasteiger partial charge in [0.05, 0.1) is 0 Å². The van der Waals surface area contributed by atoms with Crippen LogP contribution in [0.4, 0.5) is 4.79 Å². The van der Waals surface area contributed by atoms with Crippen LogP contribution in [0.3, 0.4) is 0 Å². The van der Waals surface area contributed by atoms with Gasteiger partial charge in [-0.05, 0) is 25.5 Å². The lowest BCUT2D eigenvalue weighted by atomic mass is 10.1. The number of nitrogens with one attached hydrogen (secondary N) is 1. The number of imide groups is 1. The first-order chi connectivity index (χ1) is 9.40. The third-order valence-corrected chi connectivity index (χ3v) is 4.19. The lowest BCUT2D eigenvalue weighted by molar-refractivity contribution is -0.130. The number of pyridine rings is 1. The molecule has 0 saturated carbocycles. The number of halogens is 1. The summed E-state index contributed by atoms with van der Waals surface area (Å²) < 4.78 is 0. The molecule has 0 atom stereocenters. The summed E-state index contributed by atoms with van der Waals surface area (Å²) >= 11 is 7.36. The molecule has 0 unspecified atom stereocenters. The monoisotopic (exact) mass is 313 g/mol. The topological polar surface area (TPSA) is 62.3 Å². The largest absolute Gasteiger partial charge is 0.325 e. The fourth-order valence-corrected chi connectivity index (χ4v) is 2.83. The number of hydrogen-bond acceptors (Lipinski definition) is 4. The molecule has 0 radical (unpaired) electrons. The molecule has 3 amide bonds. The maximum atomic E-state index is 11.9. The predicted molar refractivity (Wildman–Crippen MR) is 79.7 cm³/mol. The highest BCUT2D eigenvalue weighted by atomic mass is 35.5. The molecule has 7 heteroatoms. The number of aromatic nitrogens is 1. The number of hydrogen-bond donors (Lipinski definition) is 1. The first-order valence-corrected chi connectivity index (χ1v) is 7.76. The fraction of sp³-hybridized carbons (Fsp3) is 0.462. The Hall–Kier alpha value is -1.27. The molecule has 1 saturated heterocycles. The van der Waals surface area contributed by atoms with E-state index in [1.807, 2.05) is 6.07 Å². The molecule has 0 spiro atoms. The van der Waals surface area contributed by atoms with Crippen LogP contribution in [0.2, 0.25) is 5.15 Å². The van der Waals surface area contributed by atoms with Gasteiger partial charge in [-0.1, -0.05) is 17.7 Å². The van der Waals surface area contributed by atoms with Crippen LogP contribution in [0.25, 0.3) is 0 Å². The Bertz CT molecular complexity index is 519. The van der Waals surface area contributed by atoms with Crippen molar-refractivity contribution in [3.05, 3.63) is 29.0 Å². The Kier molecular flexibility index (Phi) is 4.55. The van der Waals surface area contributed by atoms with Crippen molar-refractivity contribution in [1.82, 2.24) is 15.2 Å². The number of carbonyl (C=O) groups is 2. The number of thioether (sulfide) groups is 1. The van der Waals surface area contributed by atoms with Crippen LogP contribution >= 0.6 is 23.4 Å². The molecule has 1 fully saturated rings. The normalized spacial score (nSPS) is 17.4. The molecule has 20 heavy (non-hydrogen) atoms. The molecular weight excluding hydrogens is 298 g/mol. The summed E-state index contributed by atoms with van der Waals surface area (Å²) in [5, 5.41) is 3.13. The van der Waals surface area contributed by atoms with Crippen molar-refractivity contribution in [1.29, 1.82) is 0 Å². The van der Waals surface area contributed by atoms with E-state index in [0.29, 0.717) is 17.5 Å². The molecule has 1 N–H and O–H groups in total. The van der Waals surface area contributed by atoms with E-state index in [0.717, 1.165) is 11.3 Å². The third kappa shape index (κ3) is 3.43. The molecule has 2 rings (SSSR count). The molecule has 0 aliphatic carbocycles. The molecule has 108 valence electrons. The Balaban J connectivity index is 1.78. The minimum Gasteiger partial charge on any atom is -0.324 e. The van der Waals surface area contributed by atoms with Crippen molar-refractivity contribution in [3.63, 3.8) is 0 Å². The Labute approximate surface area is 127 Å². The molecule has 0 aromatic carbocycles. The van der Waals surface area contributed by atoms with Gasteiger partial charge in [-0.15, -0.1) is 0 Å². The number of rotatable bonds is 5. The fourth-order valence-electron chi connectivity index (χ4n) is 1.86. The Morgan fingerprint density at radius 2 is 2.15 bits per heavy atom. The van der Waals surface area contributed by atoms with Crippen molar-refractivity contribution in [2.24, 2.45) is 0 Å². The lowest BCUT2D eigenvalue weighted by Crippen LogP contribution is -2.40. The van der Waals surface area contributed by atoms with E-state index in [1.54, 1.807) is 37.9 Å². The van der Waals surface area contributed by atoms with Crippen LogP contribution in [-0.2, 0) is 10.5 Å². The second kappa shape index (κ2) is 6.01. The summed E-state index contributed by atoms with van der Waals surface area (Å²) in [4.78, 5) is 28.9. The quantitative estimate of drug-likeness (QED) is 0.515. The molecule has 1 aliphatic heterocycles. The minimum atomic E-state index is -0.790. The maximum Gasteiger partial charge on any atom is 0.325 e. The van der Waals surface area contributed by atoms with Crippen LogP contribution in [-0.4, -0.2) is 39.7 Å². The maximum absolute atomic E-state index is 11.9. The van der Waals surface area contributed by atoms with Gasteiger partial charge in [0, 0.05) is 24.2 Å². The third-order valence-electron chi connectivity index (χ3n) is 2.96. The Morgan fingerprint density at radius 1 is 1.40 bits per heavy atom. The van der Waals surface area contributed by atoms with Crippen molar-refractivity contribution in [3.8, 4) is 0 Å². The molecule has 0 bridgehead atoms. The number of urea groups is 1. The summed E-state index contributed by atoms with van der Waals surface area (Å²) in [5.41, 5.74) is 0.277. The standard InChI is InChI=1S/C13H16ClN3O2S/c1-13(2)11(18)17(12(19)16-13)5-6-20-8-9-3-4-10(14)15-7-9/h3-4,7H,5-6,8H2,1-2H3,(H,16,19). The Morgan fingerprint density at radius 3 is 2.70 bits per heavy atom. The van der Waals surface area contributed by atoms with E-state index >= 15 is 0 Å². The van der Waals surface area contributed by atoms with Crippen molar-refractivity contribution in [2.45, 2.75) is 25.1 Å². The molecular formula is C13H16ClN3O2S. The predicted octanol–water partition coefficient (Wildman–Crippen LogP) is 2.30. The van der Waals surface area contributed by atoms with Crippen LogP contribution in [0.1, 0.15) is 19.4 Å². The zero-order valence-corrected chi connectivity index (χ0v) is 12.9. The average Bonchev–Trinajstić information content (AvgIpc) is 2.58. The van der Waals surface area contributed by atoms with Gasteiger partial charge in [0.15, 0.2) is 0 Å². The zero-order chi connectivity index (χ0) is 14.8. The van der Waals surface area contributed by atoms with Gasteiger partial charge in [-0.2, -0.15) is 11.8 Å². The van der Waals surface area contributed by atoms with E-state index in [9.17, 15) is 9.59 Å². The van der Waals surface area contributed by atoms with Gasteiger partial charge in [0.2, 0.25) is 0 Å². The number of amides is 3. The second-order valence-corrected chi connectivity index (χ2v) is 6.55. The zero-order valence-electron chi connectivity index (χ0n) is 11.4. The first kappa shape index (κ1) is 15.1. The van der Waals surface area contributed by atoms with E-state index in [4.69, 9.17) is 11.6 Å². The van der Waals surface area contributed by atoms with Crippen LogP contribution in [0.5, 0.6) is 0 Å². The van der Waals surface area contributed by atoms with E-state index in [2.05, 4.69) is 10.3 Å². The SMILES string of the molecule is CC1(C)NC(=O)N(CCSCc2ccc(Cl)nc2)C1=O. The van der Waals surface area contributed by atoms with Crippen molar-refractivity contribution in [2.75, 3.05) is 12.3 Å². The molecule has 5 nitrogen and oxygen atoms in total. The van der Waals surface area contributed by atoms with E-state index in [1.165, 1.54) is 4.90 Å². The summed E-state index contributed by atoms with van der Waals surface area (Å²) in [5.74, 6) is 1.30. The average molecular weight is 314 g/mol. The molecule has 2 heterocycles. The van der Waals surface area contributed by atoms with Crippen LogP contribution in [0, 0.1) is 0 Å². The highest BCUT2D eigenvalue weighted by molar-refractivity contribution is 7.98. The van der Waals surface area contributed by atoms with Gasteiger partial charge >= 0.3 is 6.03 Å². The molecule has 1 aromatic heterocycles. The summed E-state index contributed by atoms with van der Waals surface area (Å²) in [6.45, 7) is 3.83. The first-order valence-electron chi connectivity index (χ1n) is 6.22. The van der Waals surface area contributed by atoms with Crippen molar-refractivity contribution >= 4 is 35.3 Å². The highest BCUT2D eigenvalue weighted by Crippen LogP contribution is 2.18. The van der Waals surface area contributed by atoms with E-state index in [-0.39, 0.29) is 11.9 Å². The van der Waals surface area contributed by atoms with Gasteiger partial charge in [0.25, 0.3) is 5.91 Å². The van der Waals surface area contributed by atoms with Gasteiger partial charge in [-0.3, -0.25) is 9.69 Å². The summed E-state index contributed by atoms with van der Waals surface area (Å²) in [6.07, 6.45) is 1.73. The van der Waals surface area contributed by atoms with Gasteiger partial charge in [-0.25, -0.2) is 9.78 Å². The molecule has 1 aromatic rings. The second-order valence-electron chi connectivity index (χ2n) is 5.05. The smallest absolute Gasteiger partial charge is 0.324 e. The lowest BCUT2D eigenvalue weighted by Gasteiger charge is -2.15. The van der Waals surface area contributed by atoms with E-state index < -0.39 is 5.54 Å². The summed E-state index contributed by atoms with van der Waals surface area (Å²) in [7, 11) is 0.